The van der Waals surface area contributed by atoms with Gasteiger partial charge in [0.15, 0.2) is 0 Å². The molecule has 0 saturated heterocycles. The molecule has 3 heteroatoms. The zero-order valence-electron chi connectivity index (χ0n) is 13.6. The van der Waals surface area contributed by atoms with Crippen molar-refractivity contribution < 1.29 is 5.11 Å². The molecule has 1 N–H and O–H groups in total. The first-order valence-corrected chi connectivity index (χ1v) is 9.12. The lowest BCUT2D eigenvalue weighted by atomic mass is 9.97. The van der Waals surface area contributed by atoms with Crippen molar-refractivity contribution >= 4 is 15.9 Å². The zero-order chi connectivity index (χ0) is 16.2. The molecule has 2 aromatic carbocycles. The number of benzene rings is 2. The minimum Gasteiger partial charge on any atom is -0.387 e. The molecule has 1 aliphatic carbocycles. The van der Waals surface area contributed by atoms with Gasteiger partial charge in [-0.1, -0.05) is 52.3 Å². The summed E-state index contributed by atoms with van der Waals surface area (Å²) in [6.45, 7) is 1.69. The first kappa shape index (κ1) is 16.7. The number of nitrogens with zero attached hydrogens (tertiary/aromatic N) is 1. The highest BCUT2D eigenvalue weighted by Gasteiger charge is 2.22. The normalized spacial score (nSPS) is 18.2. The van der Waals surface area contributed by atoms with E-state index in [1.54, 1.807) is 0 Å². The molecule has 0 saturated carbocycles. The Hall–Kier alpha value is -1.16. The third-order valence-electron chi connectivity index (χ3n) is 4.83. The average molecular weight is 374 g/mol. The van der Waals surface area contributed by atoms with Crippen molar-refractivity contribution in [2.75, 3.05) is 20.1 Å². The van der Waals surface area contributed by atoms with Gasteiger partial charge in [0.25, 0.3) is 0 Å². The van der Waals surface area contributed by atoms with Crippen LogP contribution in [-0.2, 0) is 6.42 Å². The molecular weight excluding hydrogens is 350 g/mol. The lowest BCUT2D eigenvalue weighted by molar-refractivity contribution is 0.125. The Balaban J connectivity index is 1.51. The van der Waals surface area contributed by atoms with Gasteiger partial charge in [-0.3, -0.25) is 0 Å². The highest BCUT2D eigenvalue weighted by molar-refractivity contribution is 9.10. The number of fused-ring (bicyclic) bond motifs is 1. The number of aliphatic hydroxyl groups is 1. The molecule has 122 valence electrons. The van der Waals surface area contributed by atoms with Gasteiger partial charge in [-0.25, -0.2) is 0 Å². The Morgan fingerprint density at radius 3 is 2.87 bits per heavy atom. The van der Waals surface area contributed by atoms with Gasteiger partial charge in [0.05, 0.1) is 6.10 Å². The standard InChI is InChI=1S/C20H24BrNO/c1-22(14-20(23)17-6-4-7-18(21)13-17)12-11-16-10-9-15-5-2-3-8-19(15)16/h2-8,13,16,20,23H,9-12,14H2,1H3. The molecule has 2 nitrogen and oxygen atoms in total. The van der Waals surface area contributed by atoms with Crippen LogP contribution in [0.25, 0.3) is 0 Å². The van der Waals surface area contributed by atoms with E-state index in [0.717, 1.165) is 16.6 Å². The molecule has 1 aliphatic rings. The number of hydrogen-bond donors (Lipinski definition) is 1. The highest BCUT2D eigenvalue weighted by atomic mass is 79.9. The Morgan fingerprint density at radius 1 is 1.22 bits per heavy atom. The van der Waals surface area contributed by atoms with E-state index in [0.29, 0.717) is 12.5 Å². The summed E-state index contributed by atoms with van der Waals surface area (Å²) in [7, 11) is 2.10. The number of rotatable bonds is 6. The van der Waals surface area contributed by atoms with Crippen LogP contribution in [-0.4, -0.2) is 30.1 Å². The summed E-state index contributed by atoms with van der Waals surface area (Å²) >= 11 is 3.46. The van der Waals surface area contributed by atoms with E-state index in [1.165, 1.54) is 30.4 Å². The topological polar surface area (TPSA) is 23.5 Å². The summed E-state index contributed by atoms with van der Waals surface area (Å²) in [6.07, 6.45) is 3.21. The Labute approximate surface area is 147 Å². The maximum Gasteiger partial charge on any atom is 0.0917 e. The monoisotopic (exact) mass is 373 g/mol. The van der Waals surface area contributed by atoms with Crippen molar-refractivity contribution in [2.45, 2.75) is 31.3 Å². The molecule has 0 aliphatic heterocycles. The van der Waals surface area contributed by atoms with Crippen molar-refractivity contribution in [2.24, 2.45) is 0 Å². The molecule has 2 unspecified atom stereocenters. The quantitative estimate of drug-likeness (QED) is 0.803. The second-order valence-electron chi connectivity index (χ2n) is 6.56. The van der Waals surface area contributed by atoms with Crippen LogP contribution in [0.2, 0.25) is 0 Å². The number of halogens is 1. The van der Waals surface area contributed by atoms with Crippen molar-refractivity contribution in [3.05, 3.63) is 69.7 Å². The maximum absolute atomic E-state index is 10.4. The number of aliphatic hydroxyl groups excluding tert-OH is 1. The molecule has 0 spiro atoms. The molecule has 0 amide bonds. The molecule has 3 rings (SSSR count). The van der Waals surface area contributed by atoms with E-state index in [-0.39, 0.29) is 0 Å². The Bertz CT molecular complexity index is 658. The first-order chi connectivity index (χ1) is 11.1. The fourth-order valence-corrected chi connectivity index (χ4v) is 3.94. The molecule has 0 aromatic heterocycles. The molecule has 2 aromatic rings. The van der Waals surface area contributed by atoms with Crippen LogP contribution in [0.5, 0.6) is 0 Å². The van der Waals surface area contributed by atoms with Gasteiger partial charge in [0.2, 0.25) is 0 Å². The minimum absolute atomic E-state index is 0.437. The molecule has 0 fully saturated rings. The number of aryl methyl sites for hydroxylation is 1. The first-order valence-electron chi connectivity index (χ1n) is 8.33. The van der Waals surface area contributed by atoms with Crippen LogP contribution in [0.4, 0.5) is 0 Å². The van der Waals surface area contributed by atoms with E-state index in [1.807, 2.05) is 24.3 Å². The lowest BCUT2D eigenvalue weighted by Crippen LogP contribution is -2.26. The van der Waals surface area contributed by atoms with Crippen molar-refractivity contribution in [3.8, 4) is 0 Å². The minimum atomic E-state index is -0.437. The summed E-state index contributed by atoms with van der Waals surface area (Å²) in [5, 5.41) is 10.4. The van der Waals surface area contributed by atoms with Crippen LogP contribution < -0.4 is 0 Å². The summed E-state index contributed by atoms with van der Waals surface area (Å²) in [6, 6.07) is 16.8. The number of likely N-dealkylation sites (N-methyl/N-ethyl adjacent to an activating group) is 1. The second-order valence-corrected chi connectivity index (χ2v) is 7.47. The third kappa shape index (κ3) is 4.23. The van der Waals surface area contributed by atoms with Gasteiger partial charge >= 0.3 is 0 Å². The van der Waals surface area contributed by atoms with Gasteiger partial charge < -0.3 is 10.0 Å². The largest absolute Gasteiger partial charge is 0.387 e. The predicted octanol–water partition coefficient (Wildman–Crippen LogP) is 4.53. The average Bonchev–Trinajstić information content (AvgIpc) is 2.96. The van der Waals surface area contributed by atoms with E-state index in [2.05, 4.69) is 52.1 Å². The second kappa shape index (κ2) is 7.61. The van der Waals surface area contributed by atoms with Crippen LogP contribution >= 0.6 is 15.9 Å². The highest BCUT2D eigenvalue weighted by Crippen LogP contribution is 2.35. The van der Waals surface area contributed by atoms with E-state index >= 15 is 0 Å². The van der Waals surface area contributed by atoms with Gasteiger partial charge in [-0.2, -0.15) is 0 Å². The maximum atomic E-state index is 10.4. The zero-order valence-corrected chi connectivity index (χ0v) is 15.2. The van der Waals surface area contributed by atoms with Crippen LogP contribution in [0, 0.1) is 0 Å². The third-order valence-corrected chi connectivity index (χ3v) is 5.33. The summed E-state index contributed by atoms with van der Waals surface area (Å²) < 4.78 is 1.01. The molecule has 0 radical (unpaired) electrons. The fraction of sp³-hybridized carbons (Fsp3) is 0.400. The number of hydrogen-bond acceptors (Lipinski definition) is 2. The van der Waals surface area contributed by atoms with Gasteiger partial charge in [-0.05, 0) is 67.6 Å². The smallest absolute Gasteiger partial charge is 0.0917 e. The Morgan fingerprint density at radius 2 is 2.04 bits per heavy atom. The molecule has 2 atom stereocenters. The summed E-state index contributed by atoms with van der Waals surface area (Å²) in [5.41, 5.74) is 4.03. The van der Waals surface area contributed by atoms with Crippen molar-refractivity contribution in [1.82, 2.24) is 4.90 Å². The lowest BCUT2D eigenvalue weighted by Gasteiger charge is -2.22. The van der Waals surface area contributed by atoms with E-state index in [4.69, 9.17) is 0 Å². The van der Waals surface area contributed by atoms with Crippen molar-refractivity contribution in [1.29, 1.82) is 0 Å². The Kier molecular flexibility index (Phi) is 5.52. The summed E-state index contributed by atoms with van der Waals surface area (Å²) in [4.78, 5) is 2.24. The van der Waals surface area contributed by atoms with Gasteiger partial charge in [0.1, 0.15) is 0 Å². The molecular formula is C20H24BrNO. The van der Waals surface area contributed by atoms with Crippen molar-refractivity contribution in [3.63, 3.8) is 0 Å². The van der Waals surface area contributed by atoms with E-state index < -0.39 is 6.10 Å². The SMILES string of the molecule is CN(CCC1CCc2ccccc21)CC(O)c1cccc(Br)c1. The van der Waals surface area contributed by atoms with E-state index in [9.17, 15) is 5.11 Å². The summed E-state index contributed by atoms with van der Waals surface area (Å²) in [5.74, 6) is 0.677. The fourth-order valence-electron chi connectivity index (χ4n) is 3.53. The predicted molar refractivity (Wildman–Crippen MR) is 98.7 cm³/mol. The van der Waals surface area contributed by atoms with Gasteiger partial charge in [0, 0.05) is 11.0 Å². The van der Waals surface area contributed by atoms with Crippen LogP contribution in [0.15, 0.2) is 53.0 Å². The van der Waals surface area contributed by atoms with Gasteiger partial charge in [-0.15, -0.1) is 0 Å². The molecule has 23 heavy (non-hydrogen) atoms. The molecule has 0 heterocycles. The van der Waals surface area contributed by atoms with Crippen LogP contribution in [0.3, 0.4) is 0 Å². The van der Waals surface area contributed by atoms with Crippen LogP contribution in [0.1, 0.15) is 41.6 Å². The molecule has 0 bridgehead atoms.